The van der Waals surface area contributed by atoms with Crippen molar-refractivity contribution >= 4 is 38.1 Å². The molecule has 0 bridgehead atoms. The van der Waals surface area contributed by atoms with Crippen molar-refractivity contribution in [2.75, 3.05) is 11.3 Å². The Bertz CT molecular complexity index is 952. The summed E-state index contributed by atoms with van der Waals surface area (Å²) < 4.78 is 32.7. The predicted molar refractivity (Wildman–Crippen MR) is 101 cm³/mol. The molecule has 25 heavy (non-hydrogen) atoms. The van der Waals surface area contributed by atoms with Crippen molar-refractivity contribution in [2.45, 2.75) is 11.8 Å². The van der Waals surface area contributed by atoms with Crippen LogP contribution in [0.15, 0.2) is 58.8 Å². The van der Waals surface area contributed by atoms with E-state index in [0.29, 0.717) is 28.2 Å². The zero-order chi connectivity index (χ0) is 17.9. The SMILES string of the molecule is CCOc1ccc(S(=O)(=O)Nc2nc(-c3ccc(Cl)cc3)cs2)cc1. The topological polar surface area (TPSA) is 68.3 Å². The minimum absolute atomic E-state index is 0.152. The Hall–Kier alpha value is -2.09. The highest BCUT2D eigenvalue weighted by Crippen LogP contribution is 2.27. The number of nitrogens with one attached hydrogen (secondary N) is 1. The summed E-state index contributed by atoms with van der Waals surface area (Å²) in [6.45, 7) is 2.39. The van der Waals surface area contributed by atoms with Crippen molar-refractivity contribution in [1.29, 1.82) is 0 Å². The molecule has 0 spiro atoms. The molecule has 0 aliphatic rings. The minimum Gasteiger partial charge on any atom is -0.494 e. The largest absolute Gasteiger partial charge is 0.494 e. The van der Waals surface area contributed by atoms with Gasteiger partial charge in [-0.1, -0.05) is 23.7 Å². The van der Waals surface area contributed by atoms with Gasteiger partial charge in [0.05, 0.1) is 17.2 Å². The third kappa shape index (κ3) is 4.31. The van der Waals surface area contributed by atoms with E-state index in [1.807, 2.05) is 19.1 Å². The number of hydrogen-bond donors (Lipinski definition) is 1. The number of anilines is 1. The molecule has 0 radical (unpaired) electrons. The minimum atomic E-state index is -3.70. The Morgan fingerprint density at radius 2 is 1.80 bits per heavy atom. The Kier molecular flexibility index (Phi) is 5.27. The molecule has 0 aliphatic carbocycles. The Labute approximate surface area is 155 Å². The smallest absolute Gasteiger partial charge is 0.263 e. The molecule has 2 aromatic carbocycles. The van der Waals surface area contributed by atoms with Crippen molar-refractivity contribution in [3.05, 3.63) is 58.9 Å². The second-order valence-electron chi connectivity index (χ2n) is 5.05. The highest BCUT2D eigenvalue weighted by atomic mass is 35.5. The van der Waals surface area contributed by atoms with Crippen LogP contribution in [0, 0.1) is 0 Å². The molecule has 0 amide bonds. The maximum atomic E-state index is 12.5. The van der Waals surface area contributed by atoms with Gasteiger partial charge in [0.25, 0.3) is 10.0 Å². The van der Waals surface area contributed by atoms with Gasteiger partial charge in [-0.25, -0.2) is 13.4 Å². The van der Waals surface area contributed by atoms with Gasteiger partial charge in [0.1, 0.15) is 5.75 Å². The van der Waals surface area contributed by atoms with Gasteiger partial charge in [-0.15, -0.1) is 11.3 Å². The molecule has 0 saturated carbocycles. The van der Waals surface area contributed by atoms with Crippen LogP contribution in [0.3, 0.4) is 0 Å². The highest BCUT2D eigenvalue weighted by molar-refractivity contribution is 7.93. The number of nitrogens with zero attached hydrogens (tertiary/aromatic N) is 1. The van der Waals surface area contributed by atoms with E-state index < -0.39 is 10.0 Å². The van der Waals surface area contributed by atoms with Gasteiger partial charge in [0.15, 0.2) is 5.13 Å². The Balaban J connectivity index is 1.78. The lowest BCUT2D eigenvalue weighted by molar-refractivity contribution is 0.340. The van der Waals surface area contributed by atoms with Crippen LogP contribution in [0.5, 0.6) is 5.75 Å². The van der Waals surface area contributed by atoms with Crippen LogP contribution in [0.2, 0.25) is 5.02 Å². The maximum absolute atomic E-state index is 12.5. The van der Waals surface area contributed by atoms with Crippen LogP contribution in [0.4, 0.5) is 5.13 Å². The van der Waals surface area contributed by atoms with E-state index in [9.17, 15) is 8.42 Å². The molecule has 3 rings (SSSR count). The van der Waals surface area contributed by atoms with Crippen molar-refractivity contribution in [1.82, 2.24) is 4.98 Å². The van der Waals surface area contributed by atoms with Crippen LogP contribution in [0.25, 0.3) is 11.3 Å². The summed E-state index contributed by atoms with van der Waals surface area (Å²) in [5, 5.41) is 2.73. The number of hydrogen-bond acceptors (Lipinski definition) is 5. The molecule has 0 saturated heterocycles. The fourth-order valence-electron chi connectivity index (χ4n) is 2.13. The summed E-state index contributed by atoms with van der Waals surface area (Å²) in [6.07, 6.45) is 0. The number of aromatic nitrogens is 1. The van der Waals surface area contributed by atoms with Crippen LogP contribution >= 0.6 is 22.9 Å². The van der Waals surface area contributed by atoms with Crippen molar-refractivity contribution in [3.63, 3.8) is 0 Å². The van der Waals surface area contributed by atoms with Gasteiger partial charge in [-0.2, -0.15) is 0 Å². The van der Waals surface area contributed by atoms with Crippen LogP contribution in [0.1, 0.15) is 6.92 Å². The molecule has 0 atom stereocenters. The average Bonchev–Trinajstić information content (AvgIpc) is 3.04. The summed E-state index contributed by atoms with van der Waals surface area (Å²) in [7, 11) is -3.70. The number of rotatable bonds is 6. The van der Waals surface area contributed by atoms with Gasteiger partial charge in [-0.05, 0) is 43.3 Å². The molecule has 5 nitrogen and oxygen atoms in total. The van der Waals surface area contributed by atoms with E-state index in [-0.39, 0.29) is 4.90 Å². The molecular weight excluding hydrogens is 380 g/mol. The molecule has 0 fully saturated rings. The summed E-state index contributed by atoms with van der Waals surface area (Å²) in [4.78, 5) is 4.48. The van der Waals surface area contributed by atoms with Gasteiger partial charge in [-0.3, -0.25) is 4.72 Å². The van der Waals surface area contributed by atoms with Crippen LogP contribution in [-0.2, 0) is 10.0 Å². The fraction of sp³-hybridized carbons (Fsp3) is 0.118. The lowest BCUT2D eigenvalue weighted by Crippen LogP contribution is -2.12. The van der Waals surface area contributed by atoms with Gasteiger partial charge in [0.2, 0.25) is 0 Å². The fourth-order valence-corrected chi connectivity index (χ4v) is 4.23. The molecule has 0 unspecified atom stereocenters. The van der Waals surface area contributed by atoms with E-state index in [1.165, 1.54) is 23.5 Å². The standard InChI is InChI=1S/C17H15ClN2O3S2/c1-2-23-14-7-9-15(10-8-14)25(21,22)20-17-19-16(11-24-17)12-3-5-13(18)6-4-12/h3-11H,2H2,1H3,(H,19,20). The normalized spacial score (nSPS) is 11.3. The Morgan fingerprint density at radius 1 is 1.12 bits per heavy atom. The summed E-state index contributed by atoms with van der Waals surface area (Å²) in [5.74, 6) is 0.626. The van der Waals surface area contributed by atoms with Crippen LogP contribution < -0.4 is 9.46 Å². The predicted octanol–water partition coefficient (Wildman–Crippen LogP) is 4.66. The van der Waals surface area contributed by atoms with Gasteiger partial charge in [0, 0.05) is 16.0 Å². The van der Waals surface area contributed by atoms with Crippen molar-refractivity contribution in [3.8, 4) is 17.0 Å². The average molecular weight is 395 g/mol. The molecular formula is C17H15ClN2O3S2. The Morgan fingerprint density at radius 3 is 2.44 bits per heavy atom. The van der Waals surface area contributed by atoms with E-state index in [1.54, 1.807) is 29.6 Å². The highest BCUT2D eigenvalue weighted by Gasteiger charge is 2.16. The quantitative estimate of drug-likeness (QED) is 0.660. The van der Waals surface area contributed by atoms with E-state index in [4.69, 9.17) is 16.3 Å². The monoisotopic (exact) mass is 394 g/mol. The molecule has 3 aromatic rings. The number of benzene rings is 2. The number of thiazole rings is 1. The lowest BCUT2D eigenvalue weighted by Gasteiger charge is -2.07. The lowest BCUT2D eigenvalue weighted by atomic mass is 10.2. The number of sulfonamides is 1. The van der Waals surface area contributed by atoms with E-state index >= 15 is 0 Å². The van der Waals surface area contributed by atoms with Crippen molar-refractivity contribution in [2.24, 2.45) is 0 Å². The summed E-state index contributed by atoms with van der Waals surface area (Å²) >= 11 is 7.09. The van der Waals surface area contributed by atoms with Crippen molar-refractivity contribution < 1.29 is 13.2 Å². The third-order valence-electron chi connectivity index (χ3n) is 3.31. The maximum Gasteiger partial charge on any atom is 0.263 e. The van der Waals surface area contributed by atoms with Crippen LogP contribution in [-0.4, -0.2) is 20.0 Å². The summed E-state index contributed by atoms with van der Waals surface area (Å²) in [5.41, 5.74) is 1.55. The van der Waals surface area contributed by atoms with Gasteiger partial charge >= 0.3 is 0 Å². The second kappa shape index (κ2) is 7.43. The molecule has 1 heterocycles. The molecule has 1 N–H and O–H groups in total. The number of ether oxygens (including phenoxy) is 1. The molecule has 8 heteroatoms. The summed E-state index contributed by atoms with van der Waals surface area (Å²) in [6, 6.07) is 13.4. The zero-order valence-corrected chi connectivity index (χ0v) is 15.7. The van der Waals surface area contributed by atoms with E-state index in [0.717, 1.165) is 5.56 Å². The van der Waals surface area contributed by atoms with E-state index in [2.05, 4.69) is 9.71 Å². The molecule has 130 valence electrons. The third-order valence-corrected chi connectivity index (χ3v) is 5.80. The first-order valence-electron chi connectivity index (χ1n) is 7.45. The number of halogens is 1. The second-order valence-corrected chi connectivity index (χ2v) is 8.03. The zero-order valence-electron chi connectivity index (χ0n) is 13.3. The molecule has 0 aliphatic heterocycles. The van der Waals surface area contributed by atoms with Gasteiger partial charge < -0.3 is 4.74 Å². The molecule has 1 aromatic heterocycles. The first kappa shape index (κ1) is 17.7. The first-order chi connectivity index (χ1) is 12.0. The first-order valence-corrected chi connectivity index (χ1v) is 10.2.